The van der Waals surface area contributed by atoms with Gasteiger partial charge in [-0.05, 0) is 58.8 Å². The maximum absolute atomic E-state index is 13.6. The zero-order valence-corrected chi connectivity index (χ0v) is 22.9. The van der Waals surface area contributed by atoms with E-state index in [-0.39, 0.29) is 10.6 Å². The van der Waals surface area contributed by atoms with Crippen molar-refractivity contribution < 1.29 is 13.3 Å². The second-order valence-electron chi connectivity index (χ2n) is 9.74. The highest BCUT2D eigenvalue weighted by atomic mass is 32.2. The van der Waals surface area contributed by atoms with Crippen LogP contribution in [0.2, 0.25) is 0 Å². The third-order valence-electron chi connectivity index (χ3n) is 7.05. The molecule has 0 bridgehead atoms. The fourth-order valence-electron chi connectivity index (χ4n) is 5.08. The number of hydrogen-bond donors (Lipinski definition) is 2. The molecule has 0 atom stereocenters. The number of sulfonamides is 1. The van der Waals surface area contributed by atoms with Crippen LogP contribution in [0.3, 0.4) is 0 Å². The van der Waals surface area contributed by atoms with Gasteiger partial charge in [0.2, 0.25) is 0 Å². The fraction of sp³-hybridized carbons (Fsp3) is 0.0303. The van der Waals surface area contributed by atoms with Crippen molar-refractivity contribution in [3.63, 3.8) is 0 Å². The van der Waals surface area contributed by atoms with E-state index in [1.807, 2.05) is 73.7 Å². The van der Waals surface area contributed by atoms with Gasteiger partial charge < -0.3 is 5.32 Å². The number of benzene rings is 6. The van der Waals surface area contributed by atoms with Crippen molar-refractivity contribution >= 4 is 54.3 Å². The van der Waals surface area contributed by atoms with Gasteiger partial charge in [-0.1, -0.05) is 90.5 Å². The highest BCUT2D eigenvalue weighted by molar-refractivity contribution is 7.92. The van der Waals surface area contributed by atoms with Crippen molar-refractivity contribution in [1.82, 2.24) is 0 Å². The third kappa shape index (κ3) is 4.97. The van der Waals surface area contributed by atoms with E-state index in [0.717, 1.165) is 32.7 Å². The number of nitrogens with zero attached hydrogens (tertiary/aromatic N) is 1. The van der Waals surface area contributed by atoms with Crippen LogP contribution < -0.4 is 10.0 Å². The van der Waals surface area contributed by atoms with E-state index in [1.165, 1.54) is 6.07 Å². The molecule has 0 fully saturated rings. The average Bonchev–Trinajstić information content (AvgIpc) is 2.97. The van der Waals surface area contributed by atoms with Crippen LogP contribution in [0.15, 0.2) is 126 Å². The van der Waals surface area contributed by atoms with Crippen molar-refractivity contribution in [2.75, 3.05) is 10.0 Å². The molecule has 0 amide bonds. The number of anilines is 3. The van der Waals surface area contributed by atoms with Crippen LogP contribution in [0.25, 0.3) is 32.7 Å². The van der Waals surface area contributed by atoms with E-state index in [1.54, 1.807) is 48.5 Å². The van der Waals surface area contributed by atoms with Gasteiger partial charge in [0, 0.05) is 22.9 Å². The summed E-state index contributed by atoms with van der Waals surface area (Å²) in [5.74, 6) is 0. The van der Waals surface area contributed by atoms with Gasteiger partial charge in [0.05, 0.1) is 15.5 Å². The van der Waals surface area contributed by atoms with E-state index >= 15 is 0 Å². The Morgan fingerprint density at radius 1 is 0.610 bits per heavy atom. The van der Waals surface area contributed by atoms with Gasteiger partial charge in [0.25, 0.3) is 15.7 Å². The summed E-state index contributed by atoms with van der Waals surface area (Å²) >= 11 is 0. The van der Waals surface area contributed by atoms with E-state index in [9.17, 15) is 18.5 Å². The lowest BCUT2D eigenvalue weighted by Crippen LogP contribution is -2.14. The number of aryl methyl sites for hydroxylation is 1. The maximum atomic E-state index is 13.6. The van der Waals surface area contributed by atoms with Gasteiger partial charge in [-0.2, -0.15) is 0 Å². The molecule has 7 nitrogen and oxygen atoms in total. The molecule has 8 heteroatoms. The molecule has 202 valence electrons. The van der Waals surface area contributed by atoms with Gasteiger partial charge in [-0.3, -0.25) is 14.8 Å². The molecule has 2 N–H and O–H groups in total. The van der Waals surface area contributed by atoms with Crippen LogP contribution in [0.1, 0.15) is 5.56 Å². The molecular weight excluding hydrogens is 534 g/mol. The zero-order chi connectivity index (χ0) is 28.6. The maximum Gasteiger partial charge on any atom is 0.292 e. The molecule has 0 saturated carbocycles. The smallest absolute Gasteiger partial charge is 0.292 e. The molecule has 0 unspecified atom stereocenters. The summed E-state index contributed by atoms with van der Waals surface area (Å²) in [6, 6.07) is 36.1. The average molecular weight is 560 g/mol. The minimum absolute atomic E-state index is 0.0650. The summed E-state index contributed by atoms with van der Waals surface area (Å²) < 4.78 is 30.0. The molecule has 0 heterocycles. The summed E-state index contributed by atoms with van der Waals surface area (Å²) in [7, 11) is -3.93. The van der Waals surface area contributed by atoms with Gasteiger partial charge in [0.1, 0.15) is 5.69 Å². The molecular formula is C33H25N3O4S. The summed E-state index contributed by atoms with van der Waals surface area (Å²) in [5, 5.41) is 18.7. The van der Waals surface area contributed by atoms with Crippen LogP contribution in [-0.2, 0) is 10.0 Å². The molecule has 6 aromatic rings. The molecule has 0 aromatic heterocycles. The topological polar surface area (TPSA) is 101 Å². The van der Waals surface area contributed by atoms with E-state index in [2.05, 4.69) is 10.0 Å². The monoisotopic (exact) mass is 559 g/mol. The summed E-state index contributed by atoms with van der Waals surface area (Å²) in [5.41, 5.74) is 3.60. The van der Waals surface area contributed by atoms with Crippen molar-refractivity contribution in [2.24, 2.45) is 0 Å². The van der Waals surface area contributed by atoms with Gasteiger partial charge >= 0.3 is 0 Å². The highest BCUT2D eigenvalue weighted by Gasteiger charge is 2.23. The minimum Gasteiger partial charge on any atom is -0.349 e. The summed E-state index contributed by atoms with van der Waals surface area (Å²) in [6.07, 6.45) is 0. The number of fused-ring (bicyclic) bond motifs is 2. The SMILES string of the molecule is Cc1ccc(S(=O)(=O)Nc2ccc3ccccc3c2-c2c(Nc3ccccc3[N+](=O)[O-])ccc3ccccc23)cc1. The Balaban J connectivity index is 1.63. The molecule has 41 heavy (non-hydrogen) atoms. The lowest BCUT2D eigenvalue weighted by Gasteiger charge is -2.21. The van der Waals surface area contributed by atoms with Crippen molar-refractivity contribution in [1.29, 1.82) is 0 Å². The normalized spacial score (nSPS) is 11.4. The molecule has 0 spiro atoms. The molecule has 6 rings (SSSR count). The Labute approximate surface area is 237 Å². The van der Waals surface area contributed by atoms with Gasteiger partial charge in [0.15, 0.2) is 0 Å². The van der Waals surface area contributed by atoms with Crippen molar-refractivity contribution in [2.45, 2.75) is 11.8 Å². The second-order valence-corrected chi connectivity index (χ2v) is 11.4. The van der Waals surface area contributed by atoms with Crippen molar-refractivity contribution in [3.05, 3.63) is 137 Å². The van der Waals surface area contributed by atoms with Crippen LogP contribution in [-0.4, -0.2) is 13.3 Å². The highest BCUT2D eigenvalue weighted by Crippen LogP contribution is 2.45. The number of hydrogen-bond acceptors (Lipinski definition) is 5. The molecule has 0 aliphatic carbocycles. The Morgan fingerprint density at radius 3 is 1.78 bits per heavy atom. The quantitative estimate of drug-likeness (QED) is 0.151. The predicted molar refractivity (Wildman–Crippen MR) is 165 cm³/mol. The second kappa shape index (κ2) is 10.4. The fourth-order valence-corrected chi connectivity index (χ4v) is 6.15. The lowest BCUT2D eigenvalue weighted by molar-refractivity contribution is -0.383. The van der Waals surface area contributed by atoms with E-state index in [0.29, 0.717) is 22.6 Å². The summed E-state index contributed by atoms with van der Waals surface area (Å²) in [4.78, 5) is 11.5. The van der Waals surface area contributed by atoms with Crippen LogP contribution in [0.4, 0.5) is 22.7 Å². The molecule has 0 saturated heterocycles. The number of nitro benzene ring substituents is 1. The Kier molecular flexibility index (Phi) is 6.61. The van der Waals surface area contributed by atoms with Crippen LogP contribution in [0, 0.1) is 17.0 Å². The lowest BCUT2D eigenvalue weighted by atomic mass is 9.91. The van der Waals surface area contributed by atoms with E-state index in [4.69, 9.17) is 0 Å². The molecule has 0 radical (unpaired) electrons. The number of nitrogens with one attached hydrogen (secondary N) is 2. The molecule has 0 aliphatic heterocycles. The Bertz CT molecular complexity index is 2060. The van der Waals surface area contributed by atoms with Gasteiger partial charge in [-0.25, -0.2) is 8.42 Å². The molecule has 0 aliphatic rings. The zero-order valence-electron chi connectivity index (χ0n) is 22.0. The Morgan fingerprint density at radius 2 is 1.15 bits per heavy atom. The first-order valence-electron chi connectivity index (χ1n) is 13.0. The van der Waals surface area contributed by atoms with Crippen LogP contribution in [0.5, 0.6) is 0 Å². The van der Waals surface area contributed by atoms with Crippen molar-refractivity contribution in [3.8, 4) is 11.1 Å². The predicted octanol–water partition coefficient (Wildman–Crippen LogP) is 8.42. The largest absolute Gasteiger partial charge is 0.349 e. The van der Waals surface area contributed by atoms with E-state index < -0.39 is 14.9 Å². The first-order chi connectivity index (χ1) is 19.8. The summed E-state index contributed by atoms with van der Waals surface area (Å²) in [6.45, 7) is 1.90. The van der Waals surface area contributed by atoms with Crippen LogP contribution >= 0.6 is 0 Å². The minimum atomic E-state index is -3.93. The number of nitro groups is 1. The molecule has 6 aromatic carbocycles. The first-order valence-corrected chi connectivity index (χ1v) is 14.4. The Hall–Kier alpha value is -5.21. The third-order valence-corrected chi connectivity index (χ3v) is 8.44. The number of para-hydroxylation sites is 2. The first kappa shape index (κ1) is 26.0. The number of rotatable bonds is 7. The standard InChI is InChI=1S/C33H25N3O4S/c1-22-14-18-25(19-15-22)41(39,40)35-30-21-17-24-9-3-5-11-27(24)33(30)32-26-10-4-2-8-23(26)16-20-29(32)34-28-12-6-7-13-31(28)36(37)38/h2-21,34-35H,1H3. The van der Waals surface area contributed by atoms with Gasteiger partial charge in [-0.15, -0.1) is 0 Å².